The summed E-state index contributed by atoms with van der Waals surface area (Å²) in [5.74, 6) is -0.789. The van der Waals surface area contributed by atoms with Crippen LogP contribution in [0.5, 0.6) is 0 Å². The molecule has 0 unspecified atom stereocenters. The fourth-order valence-electron chi connectivity index (χ4n) is 3.87. The number of nitrogens with zero attached hydrogens (tertiary/aromatic N) is 2. The first-order chi connectivity index (χ1) is 13.6. The molecule has 1 aliphatic heterocycles. The lowest BCUT2D eigenvalue weighted by atomic mass is 9.96. The van der Waals surface area contributed by atoms with E-state index >= 15 is 0 Å². The highest BCUT2D eigenvalue weighted by Gasteiger charge is 2.26. The summed E-state index contributed by atoms with van der Waals surface area (Å²) in [7, 11) is 0. The van der Waals surface area contributed by atoms with Crippen LogP contribution >= 0.6 is 11.8 Å². The van der Waals surface area contributed by atoms with Crippen molar-refractivity contribution < 1.29 is 14.4 Å². The maximum absolute atomic E-state index is 12.8. The summed E-state index contributed by atoms with van der Waals surface area (Å²) in [4.78, 5) is 42.8. The topological polar surface area (TPSA) is 91.4 Å². The van der Waals surface area contributed by atoms with E-state index in [-0.39, 0.29) is 17.9 Å². The molecule has 1 aromatic heterocycles. The molecule has 0 bridgehead atoms. The summed E-state index contributed by atoms with van der Waals surface area (Å²) < 4.78 is 0. The highest BCUT2D eigenvalue weighted by atomic mass is 32.2. The van der Waals surface area contributed by atoms with Crippen molar-refractivity contribution in [1.29, 1.82) is 0 Å². The summed E-state index contributed by atoms with van der Waals surface area (Å²) in [5, 5.41) is 6.30. The maximum Gasteiger partial charge on any atom is 0.309 e. The average Bonchev–Trinajstić information content (AvgIpc) is 3.24. The molecule has 7 nitrogen and oxygen atoms in total. The van der Waals surface area contributed by atoms with Gasteiger partial charge in [-0.1, -0.05) is 12.8 Å². The Morgan fingerprint density at radius 3 is 2.54 bits per heavy atom. The molecule has 2 heterocycles. The van der Waals surface area contributed by atoms with Gasteiger partial charge < -0.3 is 15.5 Å². The van der Waals surface area contributed by atoms with E-state index in [1.54, 1.807) is 12.3 Å². The standard InChI is InChI=1S/C20H28N4O3S/c1-28-19-16(7-4-10-21-19)20(27)24-11-8-14(9-12-24)13-22-17(25)18(26)23-15-5-2-3-6-15/h4,7,10,14-15H,2-3,5-6,8-9,11-13H2,1H3,(H,22,25)(H,23,26). The molecule has 152 valence electrons. The van der Waals surface area contributed by atoms with Crippen LogP contribution < -0.4 is 10.6 Å². The Kier molecular flexibility index (Phi) is 7.30. The number of carbonyl (C=O) groups is 3. The van der Waals surface area contributed by atoms with Gasteiger partial charge in [-0.05, 0) is 50.0 Å². The number of amides is 3. The molecule has 1 saturated carbocycles. The molecule has 1 saturated heterocycles. The van der Waals surface area contributed by atoms with Gasteiger partial charge in [-0.3, -0.25) is 14.4 Å². The van der Waals surface area contributed by atoms with Gasteiger partial charge in [0.05, 0.1) is 5.56 Å². The van der Waals surface area contributed by atoms with Crippen molar-refractivity contribution in [3.8, 4) is 0 Å². The molecule has 2 N–H and O–H groups in total. The number of aromatic nitrogens is 1. The number of hydrogen-bond donors (Lipinski definition) is 2. The molecule has 0 aromatic carbocycles. The van der Waals surface area contributed by atoms with Crippen LogP contribution in [0.1, 0.15) is 48.9 Å². The zero-order chi connectivity index (χ0) is 19.9. The number of piperidine rings is 1. The molecule has 1 aliphatic carbocycles. The second kappa shape index (κ2) is 9.91. The molecule has 0 atom stereocenters. The first-order valence-corrected chi connectivity index (χ1v) is 11.2. The molecular formula is C20H28N4O3S. The van der Waals surface area contributed by atoms with Gasteiger partial charge in [0.15, 0.2) is 0 Å². The van der Waals surface area contributed by atoms with E-state index in [2.05, 4.69) is 15.6 Å². The van der Waals surface area contributed by atoms with Crippen LogP contribution in [-0.2, 0) is 9.59 Å². The molecule has 3 rings (SSSR count). The van der Waals surface area contributed by atoms with Crippen LogP contribution in [0.15, 0.2) is 23.4 Å². The predicted molar refractivity (Wildman–Crippen MR) is 108 cm³/mol. The van der Waals surface area contributed by atoms with Gasteiger partial charge in [0, 0.05) is 31.9 Å². The summed E-state index contributed by atoms with van der Waals surface area (Å²) in [6.45, 7) is 1.77. The first-order valence-electron chi connectivity index (χ1n) is 9.95. The number of rotatable bonds is 5. The summed E-state index contributed by atoms with van der Waals surface area (Å²) >= 11 is 1.47. The SMILES string of the molecule is CSc1ncccc1C(=O)N1CCC(CNC(=O)C(=O)NC2CCCC2)CC1. The maximum atomic E-state index is 12.8. The molecule has 8 heteroatoms. The Bertz CT molecular complexity index is 713. The normalized spacial score (nSPS) is 18.1. The van der Waals surface area contributed by atoms with Crippen molar-refractivity contribution in [2.75, 3.05) is 25.9 Å². The third-order valence-corrected chi connectivity index (χ3v) is 6.26. The third-order valence-electron chi connectivity index (χ3n) is 5.54. The molecule has 0 radical (unpaired) electrons. The van der Waals surface area contributed by atoms with E-state index in [0.717, 1.165) is 43.6 Å². The summed E-state index contributed by atoms with van der Waals surface area (Å²) in [6.07, 6.45) is 9.37. The van der Waals surface area contributed by atoms with Gasteiger partial charge in [-0.25, -0.2) is 4.98 Å². The molecule has 3 amide bonds. The van der Waals surface area contributed by atoms with E-state index < -0.39 is 11.8 Å². The van der Waals surface area contributed by atoms with Crippen molar-refractivity contribution in [1.82, 2.24) is 20.5 Å². The van der Waals surface area contributed by atoms with Gasteiger partial charge in [0.2, 0.25) is 0 Å². The van der Waals surface area contributed by atoms with E-state index in [1.807, 2.05) is 17.2 Å². The van der Waals surface area contributed by atoms with Gasteiger partial charge in [-0.15, -0.1) is 11.8 Å². The van der Waals surface area contributed by atoms with Crippen LogP contribution in [-0.4, -0.2) is 59.5 Å². The van der Waals surface area contributed by atoms with Gasteiger partial charge >= 0.3 is 11.8 Å². The Morgan fingerprint density at radius 1 is 1.14 bits per heavy atom. The Morgan fingerprint density at radius 2 is 1.86 bits per heavy atom. The van der Waals surface area contributed by atoms with Crippen LogP contribution in [0, 0.1) is 5.92 Å². The van der Waals surface area contributed by atoms with Crippen molar-refractivity contribution in [3.63, 3.8) is 0 Å². The fraction of sp³-hybridized carbons (Fsp3) is 0.600. The monoisotopic (exact) mass is 404 g/mol. The predicted octanol–water partition coefficient (Wildman–Crippen LogP) is 1.83. The Balaban J connectivity index is 1.42. The molecule has 28 heavy (non-hydrogen) atoms. The number of thioether (sulfide) groups is 1. The number of carbonyl (C=O) groups excluding carboxylic acids is 3. The zero-order valence-electron chi connectivity index (χ0n) is 16.3. The highest BCUT2D eigenvalue weighted by molar-refractivity contribution is 7.98. The molecule has 2 aliphatic rings. The minimum Gasteiger partial charge on any atom is -0.348 e. The minimum atomic E-state index is -0.551. The highest BCUT2D eigenvalue weighted by Crippen LogP contribution is 2.22. The lowest BCUT2D eigenvalue weighted by molar-refractivity contribution is -0.139. The number of pyridine rings is 1. The summed E-state index contributed by atoms with van der Waals surface area (Å²) in [5.41, 5.74) is 0.644. The van der Waals surface area contributed by atoms with Gasteiger partial charge in [0.1, 0.15) is 5.03 Å². The fourth-order valence-corrected chi connectivity index (χ4v) is 4.41. The van der Waals surface area contributed by atoms with Crippen LogP contribution in [0.25, 0.3) is 0 Å². The number of likely N-dealkylation sites (tertiary alicyclic amines) is 1. The van der Waals surface area contributed by atoms with E-state index in [9.17, 15) is 14.4 Å². The second-order valence-corrected chi connectivity index (χ2v) is 8.26. The smallest absolute Gasteiger partial charge is 0.309 e. The van der Waals surface area contributed by atoms with Crippen molar-refractivity contribution >= 4 is 29.5 Å². The van der Waals surface area contributed by atoms with Crippen LogP contribution in [0.4, 0.5) is 0 Å². The molecule has 1 aromatic rings. The lowest BCUT2D eigenvalue weighted by Crippen LogP contribution is -2.46. The molecule has 2 fully saturated rings. The molecular weight excluding hydrogens is 376 g/mol. The quantitative estimate of drug-likeness (QED) is 0.577. The van der Waals surface area contributed by atoms with Crippen molar-refractivity contribution in [2.24, 2.45) is 5.92 Å². The van der Waals surface area contributed by atoms with E-state index in [0.29, 0.717) is 25.2 Å². The summed E-state index contributed by atoms with van der Waals surface area (Å²) in [6, 6.07) is 3.74. The van der Waals surface area contributed by atoms with E-state index in [1.165, 1.54) is 11.8 Å². The first kappa shape index (κ1) is 20.6. The van der Waals surface area contributed by atoms with Crippen molar-refractivity contribution in [3.05, 3.63) is 23.9 Å². The lowest BCUT2D eigenvalue weighted by Gasteiger charge is -2.32. The van der Waals surface area contributed by atoms with E-state index in [4.69, 9.17) is 0 Å². The third kappa shape index (κ3) is 5.25. The Labute approximate surface area is 170 Å². The number of hydrogen-bond acceptors (Lipinski definition) is 5. The largest absolute Gasteiger partial charge is 0.348 e. The van der Waals surface area contributed by atoms with Crippen molar-refractivity contribution in [2.45, 2.75) is 49.6 Å². The second-order valence-electron chi connectivity index (χ2n) is 7.46. The number of nitrogens with one attached hydrogen (secondary N) is 2. The zero-order valence-corrected chi connectivity index (χ0v) is 17.1. The molecule has 0 spiro atoms. The van der Waals surface area contributed by atoms with Crippen LogP contribution in [0.3, 0.4) is 0 Å². The minimum absolute atomic E-state index is 0.0101. The Hall–Kier alpha value is -2.09. The van der Waals surface area contributed by atoms with Crippen LogP contribution in [0.2, 0.25) is 0 Å². The average molecular weight is 405 g/mol. The van der Waals surface area contributed by atoms with Gasteiger partial charge in [-0.2, -0.15) is 0 Å². The van der Waals surface area contributed by atoms with Gasteiger partial charge in [0.25, 0.3) is 5.91 Å².